The molecule has 0 saturated carbocycles. The van der Waals surface area contributed by atoms with Crippen molar-refractivity contribution >= 4 is 17.6 Å². The maximum atomic E-state index is 13.4. The van der Waals surface area contributed by atoms with Gasteiger partial charge in [-0.2, -0.15) is 0 Å². The van der Waals surface area contributed by atoms with E-state index in [0.717, 1.165) is 80.0 Å². The van der Waals surface area contributed by atoms with E-state index in [2.05, 4.69) is 42.7 Å². The Labute approximate surface area is 323 Å². The van der Waals surface area contributed by atoms with E-state index in [1.807, 2.05) is 67.6 Å². The van der Waals surface area contributed by atoms with Crippen LogP contribution in [0.25, 0.3) is 11.4 Å². The second-order valence-corrected chi connectivity index (χ2v) is 13.9. The van der Waals surface area contributed by atoms with Gasteiger partial charge in [-0.25, -0.2) is 0 Å². The van der Waals surface area contributed by atoms with Crippen LogP contribution in [0.15, 0.2) is 73.1 Å². The molecule has 3 heterocycles. The number of piperidine rings is 1. The number of anilines is 1. The van der Waals surface area contributed by atoms with E-state index >= 15 is 0 Å². The third-order valence-electron chi connectivity index (χ3n) is 9.63. The van der Waals surface area contributed by atoms with Crippen molar-refractivity contribution in [2.24, 2.45) is 0 Å². The van der Waals surface area contributed by atoms with Gasteiger partial charge < -0.3 is 44.6 Å². The normalized spacial score (nSPS) is 14.7. The van der Waals surface area contributed by atoms with Crippen LogP contribution in [-0.4, -0.2) is 108 Å². The van der Waals surface area contributed by atoms with Gasteiger partial charge in [-0.1, -0.05) is 24.6 Å². The van der Waals surface area contributed by atoms with E-state index in [-0.39, 0.29) is 25.0 Å². The van der Waals surface area contributed by atoms with Gasteiger partial charge in [0.2, 0.25) is 0 Å². The lowest BCUT2D eigenvalue weighted by molar-refractivity contribution is -0.138. The van der Waals surface area contributed by atoms with Crippen LogP contribution in [-0.2, 0) is 24.5 Å². The van der Waals surface area contributed by atoms with Gasteiger partial charge in [0.1, 0.15) is 5.75 Å². The van der Waals surface area contributed by atoms with E-state index in [1.54, 1.807) is 12.4 Å². The maximum absolute atomic E-state index is 13.4. The van der Waals surface area contributed by atoms with Gasteiger partial charge >= 0.3 is 5.97 Å². The smallest absolute Gasteiger partial charge is 0.305 e. The van der Waals surface area contributed by atoms with Gasteiger partial charge in [0.25, 0.3) is 5.91 Å². The molecule has 0 spiro atoms. The van der Waals surface area contributed by atoms with E-state index in [4.69, 9.17) is 24.1 Å². The highest BCUT2D eigenvalue weighted by atomic mass is 16.5. The van der Waals surface area contributed by atoms with Crippen molar-refractivity contribution in [1.29, 1.82) is 0 Å². The number of nitrogens with one attached hydrogen (secondary N) is 3. The molecular formula is C41H55N7O7. The number of carboxylic acid groups (broad SMARTS) is 1. The molecule has 1 saturated heterocycles. The van der Waals surface area contributed by atoms with Crippen LogP contribution in [0.2, 0.25) is 0 Å². The summed E-state index contributed by atoms with van der Waals surface area (Å²) in [5, 5.41) is 24.5. The Bertz CT molecular complexity index is 1730. The topological polar surface area (TPSA) is 173 Å². The maximum Gasteiger partial charge on any atom is 0.305 e. The fourth-order valence-electron chi connectivity index (χ4n) is 6.32. The number of H-pyrrole nitrogens is 1. The first-order valence-electron chi connectivity index (χ1n) is 19.2. The SMILES string of the molecule is C[C@@H](NC(=O)c1cccc(NC2(c3nnc(-c4ccncc4)[nH]3)CCN(C)CC2)c1)c1ccc(OCCCCCCOCCOCCOCCC(=O)O)cc1. The monoisotopic (exact) mass is 757 g/mol. The fourth-order valence-corrected chi connectivity index (χ4v) is 6.32. The Balaban J connectivity index is 1.00. The third-order valence-corrected chi connectivity index (χ3v) is 9.63. The summed E-state index contributed by atoms with van der Waals surface area (Å²) in [6.45, 7) is 7.13. The summed E-state index contributed by atoms with van der Waals surface area (Å²) < 4.78 is 22.1. The second kappa shape index (κ2) is 21.9. The highest BCUT2D eigenvalue weighted by Crippen LogP contribution is 2.35. The lowest BCUT2D eigenvalue weighted by Crippen LogP contribution is -2.46. The molecule has 1 amide bonds. The van der Waals surface area contributed by atoms with Crippen LogP contribution in [0.1, 0.15) is 79.7 Å². The van der Waals surface area contributed by atoms with E-state index in [1.165, 1.54) is 0 Å². The highest BCUT2D eigenvalue weighted by Gasteiger charge is 2.39. The first kappa shape index (κ1) is 41.3. The van der Waals surface area contributed by atoms with Crippen LogP contribution in [0, 0.1) is 0 Å². The molecule has 2 aromatic carbocycles. The van der Waals surface area contributed by atoms with Gasteiger partial charge in [-0.05, 0) is 94.1 Å². The molecule has 14 nitrogen and oxygen atoms in total. The highest BCUT2D eigenvalue weighted by molar-refractivity contribution is 5.95. The van der Waals surface area contributed by atoms with Gasteiger partial charge in [-0.3, -0.25) is 14.6 Å². The number of hydrogen-bond acceptors (Lipinski definition) is 11. The number of carbonyl (C=O) groups is 2. The van der Waals surface area contributed by atoms with Gasteiger partial charge in [0.05, 0.1) is 57.6 Å². The molecule has 0 bridgehead atoms. The number of carbonyl (C=O) groups excluding carboxylic acids is 1. The molecule has 4 aromatic rings. The summed E-state index contributed by atoms with van der Waals surface area (Å²) in [4.78, 5) is 33.7. The van der Waals surface area contributed by atoms with Crippen LogP contribution in [0.4, 0.5) is 5.69 Å². The molecule has 0 unspecified atom stereocenters. The van der Waals surface area contributed by atoms with Gasteiger partial charge in [0, 0.05) is 48.9 Å². The molecule has 1 aliphatic rings. The van der Waals surface area contributed by atoms with Crippen molar-refractivity contribution in [2.75, 3.05) is 71.7 Å². The number of hydrogen-bond donors (Lipinski definition) is 4. The predicted octanol–water partition coefficient (Wildman–Crippen LogP) is 5.85. The zero-order chi connectivity index (χ0) is 38.7. The number of pyridine rings is 1. The van der Waals surface area contributed by atoms with Gasteiger partial charge in [0.15, 0.2) is 11.6 Å². The number of aromatic nitrogens is 4. The second-order valence-electron chi connectivity index (χ2n) is 13.9. The average Bonchev–Trinajstić information content (AvgIpc) is 3.71. The number of ether oxygens (including phenoxy) is 4. The number of amides is 1. The van der Waals surface area contributed by atoms with Crippen molar-refractivity contribution in [1.82, 2.24) is 30.4 Å². The summed E-state index contributed by atoms with van der Waals surface area (Å²) >= 11 is 0. The molecule has 0 radical (unpaired) electrons. The molecule has 0 aliphatic carbocycles. The summed E-state index contributed by atoms with van der Waals surface area (Å²) in [5.41, 5.74) is 2.87. The molecule has 4 N–H and O–H groups in total. The number of aromatic amines is 1. The summed E-state index contributed by atoms with van der Waals surface area (Å²) in [6, 6.07) is 19.1. The van der Waals surface area contributed by atoms with Crippen molar-refractivity contribution in [3.8, 4) is 17.1 Å². The zero-order valence-electron chi connectivity index (χ0n) is 32.0. The molecule has 1 aliphatic heterocycles. The standard InChI is InChI=1S/C41H55N7O7/c1-31(32-10-12-36(13-11-32)55-24-6-4-3-5-23-52-26-28-54-29-27-53-25-16-37(49)50)43-39(51)34-8-7-9-35(30-34)45-41(17-21-48(2)22-18-41)40-44-38(46-47-40)33-14-19-42-20-15-33/h7-15,19-20,30-31,45H,3-6,16-18,21-29H2,1-2H3,(H,43,51)(H,49,50)(H,44,46,47)/t31-/m1/s1. The van der Waals surface area contributed by atoms with Crippen LogP contribution in [0.3, 0.4) is 0 Å². The van der Waals surface area contributed by atoms with Crippen molar-refractivity contribution < 1.29 is 33.6 Å². The first-order valence-corrected chi connectivity index (χ1v) is 19.2. The van der Waals surface area contributed by atoms with E-state index in [9.17, 15) is 9.59 Å². The van der Waals surface area contributed by atoms with Crippen molar-refractivity contribution in [2.45, 2.75) is 63.5 Å². The number of aliphatic carboxylic acids is 1. The number of rotatable bonds is 24. The Morgan fingerprint density at radius 1 is 0.855 bits per heavy atom. The minimum absolute atomic E-state index is 0.00400. The summed E-state index contributed by atoms with van der Waals surface area (Å²) in [7, 11) is 2.12. The van der Waals surface area contributed by atoms with Crippen LogP contribution < -0.4 is 15.4 Å². The van der Waals surface area contributed by atoms with Crippen molar-refractivity contribution in [3.63, 3.8) is 0 Å². The zero-order valence-corrected chi connectivity index (χ0v) is 32.0. The molecular weight excluding hydrogens is 702 g/mol. The first-order chi connectivity index (χ1) is 26.8. The number of nitrogens with zero attached hydrogens (tertiary/aromatic N) is 4. The molecule has 1 fully saturated rings. The quantitative estimate of drug-likeness (QED) is 0.0629. The molecule has 5 rings (SSSR count). The largest absolute Gasteiger partial charge is 0.494 e. The Hall–Kier alpha value is -4.89. The van der Waals surface area contributed by atoms with Crippen molar-refractivity contribution in [3.05, 3.63) is 90.0 Å². The summed E-state index contributed by atoms with van der Waals surface area (Å²) in [5.74, 6) is 1.27. The van der Waals surface area contributed by atoms with Crippen LogP contribution in [0.5, 0.6) is 5.75 Å². The fraction of sp³-hybridized carbons (Fsp3) is 0.488. The van der Waals surface area contributed by atoms with E-state index < -0.39 is 11.5 Å². The molecule has 1 atom stereocenters. The Morgan fingerprint density at radius 2 is 1.53 bits per heavy atom. The lowest BCUT2D eigenvalue weighted by atomic mass is 9.86. The third kappa shape index (κ3) is 13.4. The predicted molar refractivity (Wildman–Crippen MR) is 209 cm³/mol. The summed E-state index contributed by atoms with van der Waals surface area (Å²) in [6.07, 6.45) is 9.19. The minimum atomic E-state index is -0.866. The molecule has 55 heavy (non-hydrogen) atoms. The number of carboxylic acids is 1. The number of benzene rings is 2. The molecule has 296 valence electrons. The average molecular weight is 758 g/mol. The number of likely N-dealkylation sites (tertiary alicyclic amines) is 1. The molecule has 14 heteroatoms. The molecule has 2 aromatic heterocycles. The minimum Gasteiger partial charge on any atom is -0.494 e. The number of unbranched alkanes of at least 4 members (excludes halogenated alkanes) is 3. The van der Waals surface area contributed by atoms with Gasteiger partial charge in [-0.15, -0.1) is 10.2 Å². The Morgan fingerprint density at radius 3 is 2.24 bits per heavy atom. The Kier molecular flexibility index (Phi) is 16.4. The van der Waals surface area contributed by atoms with E-state index in [0.29, 0.717) is 51.0 Å². The lowest BCUT2D eigenvalue weighted by Gasteiger charge is -2.40. The van der Waals surface area contributed by atoms with Crippen LogP contribution >= 0.6 is 0 Å².